The zero-order chi connectivity index (χ0) is 16.8. The van der Waals surface area contributed by atoms with Gasteiger partial charge in [0.1, 0.15) is 5.82 Å². The lowest BCUT2D eigenvalue weighted by molar-refractivity contribution is 0.590. The van der Waals surface area contributed by atoms with Gasteiger partial charge in [-0.1, -0.05) is 39.0 Å². The van der Waals surface area contributed by atoms with Crippen LogP contribution in [0.3, 0.4) is 0 Å². The van der Waals surface area contributed by atoms with Gasteiger partial charge >= 0.3 is 0 Å². The van der Waals surface area contributed by atoms with Crippen LogP contribution in [-0.4, -0.2) is 4.98 Å². The molecule has 23 heavy (non-hydrogen) atoms. The third kappa shape index (κ3) is 2.91. The van der Waals surface area contributed by atoms with E-state index >= 15 is 0 Å². The van der Waals surface area contributed by atoms with E-state index in [9.17, 15) is 9.18 Å². The number of nitrogens with one attached hydrogen (secondary N) is 1. The van der Waals surface area contributed by atoms with Gasteiger partial charge in [0.15, 0.2) is 5.43 Å². The number of H-pyrrole nitrogens is 1. The molecule has 0 aliphatic carbocycles. The van der Waals surface area contributed by atoms with Gasteiger partial charge in [-0.25, -0.2) is 4.39 Å². The van der Waals surface area contributed by atoms with Gasteiger partial charge in [0, 0.05) is 22.7 Å². The minimum absolute atomic E-state index is 0.0726. The van der Waals surface area contributed by atoms with Crippen molar-refractivity contribution in [1.82, 2.24) is 4.98 Å². The number of fused-ring (bicyclic) bond motifs is 1. The van der Waals surface area contributed by atoms with Crippen molar-refractivity contribution >= 4 is 10.9 Å². The van der Waals surface area contributed by atoms with Crippen LogP contribution in [0.4, 0.5) is 4.39 Å². The fraction of sp³-hybridized carbons (Fsp3) is 0.250. The first-order chi connectivity index (χ1) is 10.8. The molecule has 0 unspecified atom stereocenters. The Hall–Kier alpha value is -2.42. The maximum absolute atomic E-state index is 13.4. The first kappa shape index (κ1) is 15.5. The van der Waals surface area contributed by atoms with Crippen LogP contribution in [0.2, 0.25) is 0 Å². The molecule has 118 valence electrons. The lowest BCUT2D eigenvalue weighted by atomic mass is 9.85. The fourth-order valence-corrected chi connectivity index (χ4v) is 2.80. The van der Waals surface area contributed by atoms with E-state index in [4.69, 9.17) is 0 Å². The van der Waals surface area contributed by atoms with E-state index < -0.39 is 0 Å². The standard InChI is InChI=1S/C20H20FNO/c1-12-9-13(20(2,3)4)5-7-15(12)18-11-19(23)16-8-6-14(21)10-17(16)22-18/h5-11H,1-4H3,(H,22,23). The molecule has 0 amide bonds. The van der Waals surface area contributed by atoms with E-state index in [1.54, 1.807) is 6.07 Å². The summed E-state index contributed by atoms with van der Waals surface area (Å²) in [6.07, 6.45) is 0. The van der Waals surface area contributed by atoms with Crippen LogP contribution >= 0.6 is 0 Å². The number of halogens is 1. The van der Waals surface area contributed by atoms with E-state index in [-0.39, 0.29) is 16.7 Å². The second kappa shape index (κ2) is 5.34. The summed E-state index contributed by atoms with van der Waals surface area (Å²) >= 11 is 0. The Labute approximate surface area is 135 Å². The summed E-state index contributed by atoms with van der Waals surface area (Å²) in [4.78, 5) is 15.5. The van der Waals surface area contributed by atoms with Gasteiger partial charge < -0.3 is 4.98 Å². The average Bonchev–Trinajstić information content (AvgIpc) is 2.45. The van der Waals surface area contributed by atoms with Crippen molar-refractivity contribution in [3.63, 3.8) is 0 Å². The lowest BCUT2D eigenvalue weighted by Crippen LogP contribution is -2.11. The molecule has 0 bridgehead atoms. The van der Waals surface area contributed by atoms with Gasteiger partial charge in [0.05, 0.1) is 5.52 Å². The zero-order valence-corrected chi connectivity index (χ0v) is 13.8. The Kier molecular flexibility index (Phi) is 3.59. The summed E-state index contributed by atoms with van der Waals surface area (Å²) in [5.41, 5.74) is 4.49. The van der Waals surface area contributed by atoms with Crippen LogP contribution in [0.1, 0.15) is 31.9 Å². The first-order valence-corrected chi connectivity index (χ1v) is 7.70. The van der Waals surface area contributed by atoms with Crippen LogP contribution in [0, 0.1) is 12.7 Å². The van der Waals surface area contributed by atoms with Gasteiger partial charge in [-0.15, -0.1) is 0 Å². The molecule has 0 saturated carbocycles. The highest BCUT2D eigenvalue weighted by Gasteiger charge is 2.15. The molecule has 3 aromatic rings. The quantitative estimate of drug-likeness (QED) is 0.678. The summed E-state index contributed by atoms with van der Waals surface area (Å²) in [6.45, 7) is 8.53. The predicted molar refractivity (Wildman–Crippen MR) is 93.4 cm³/mol. The van der Waals surface area contributed by atoms with Gasteiger partial charge in [-0.05, 0) is 41.7 Å². The second-order valence-corrected chi connectivity index (χ2v) is 7.02. The van der Waals surface area contributed by atoms with Crippen molar-refractivity contribution in [3.8, 4) is 11.3 Å². The topological polar surface area (TPSA) is 32.9 Å². The Morgan fingerprint density at radius 3 is 2.39 bits per heavy atom. The van der Waals surface area contributed by atoms with Gasteiger partial charge in [-0.2, -0.15) is 0 Å². The molecule has 0 radical (unpaired) electrons. The van der Waals surface area contributed by atoms with Crippen LogP contribution in [0.15, 0.2) is 47.3 Å². The maximum atomic E-state index is 13.4. The van der Waals surface area contributed by atoms with Crippen molar-refractivity contribution in [2.45, 2.75) is 33.1 Å². The molecular weight excluding hydrogens is 289 g/mol. The molecule has 0 fully saturated rings. The van der Waals surface area contributed by atoms with Crippen molar-refractivity contribution in [1.29, 1.82) is 0 Å². The number of benzene rings is 2. The average molecular weight is 309 g/mol. The minimum atomic E-state index is -0.356. The van der Waals surface area contributed by atoms with Crippen LogP contribution in [-0.2, 0) is 5.41 Å². The van der Waals surface area contributed by atoms with Gasteiger partial charge in [0.2, 0.25) is 0 Å². The molecule has 0 aliphatic rings. The van der Waals surface area contributed by atoms with Crippen molar-refractivity contribution in [2.75, 3.05) is 0 Å². The van der Waals surface area contributed by atoms with E-state index in [1.807, 2.05) is 13.0 Å². The summed E-state index contributed by atoms with van der Waals surface area (Å²) < 4.78 is 13.4. The normalized spacial score (nSPS) is 11.9. The SMILES string of the molecule is Cc1cc(C(C)(C)C)ccc1-c1cc(=O)c2ccc(F)cc2[nH]1. The summed E-state index contributed by atoms with van der Waals surface area (Å²) in [6, 6.07) is 12.0. The summed E-state index contributed by atoms with van der Waals surface area (Å²) in [5, 5.41) is 0.499. The lowest BCUT2D eigenvalue weighted by Gasteiger charge is -2.20. The maximum Gasteiger partial charge on any atom is 0.190 e. The number of aromatic nitrogens is 1. The smallest absolute Gasteiger partial charge is 0.190 e. The molecule has 1 N–H and O–H groups in total. The highest BCUT2D eigenvalue weighted by molar-refractivity contribution is 5.82. The monoisotopic (exact) mass is 309 g/mol. The number of hydrogen-bond donors (Lipinski definition) is 1. The van der Waals surface area contributed by atoms with E-state index in [0.29, 0.717) is 16.6 Å². The van der Waals surface area contributed by atoms with Crippen LogP contribution in [0.5, 0.6) is 0 Å². The van der Waals surface area contributed by atoms with Crippen LogP contribution in [0.25, 0.3) is 22.2 Å². The first-order valence-electron chi connectivity index (χ1n) is 7.70. The number of pyridine rings is 1. The molecular formula is C20H20FNO. The number of rotatable bonds is 1. The number of hydrogen-bond acceptors (Lipinski definition) is 1. The minimum Gasteiger partial charge on any atom is -0.354 e. The molecule has 3 heteroatoms. The Bertz CT molecular complexity index is 948. The molecule has 0 atom stereocenters. The molecule has 0 saturated heterocycles. The Morgan fingerprint density at radius 2 is 1.74 bits per heavy atom. The second-order valence-electron chi connectivity index (χ2n) is 7.02. The van der Waals surface area contributed by atoms with E-state index in [0.717, 1.165) is 11.1 Å². The van der Waals surface area contributed by atoms with E-state index in [2.05, 4.69) is 37.9 Å². The molecule has 3 rings (SSSR count). The van der Waals surface area contributed by atoms with Crippen molar-refractivity contribution in [3.05, 3.63) is 69.6 Å². The predicted octanol–water partition coefficient (Wildman–Crippen LogP) is 4.94. The largest absolute Gasteiger partial charge is 0.354 e. The van der Waals surface area contributed by atoms with Crippen LogP contribution < -0.4 is 5.43 Å². The number of aromatic amines is 1. The zero-order valence-electron chi connectivity index (χ0n) is 13.8. The molecule has 2 nitrogen and oxygen atoms in total. The summed E-state index contributed by atoms with van der Waals surface area (Å²) in [7, 11) is 0. The highest BCUT2D eigenvalue weighted by atomic mass is 19.1. The molecule has 2 aromatic carbocycles. The third-order valence-electron chi connectivity index (χ3n) is 4.17. The molecule has 0 aliphatic heterocycles. The van der Waals surface area contributed by atoms with E-state index in [1.165, 1.54) is 23.8 Å². The Morgan fingerprint density at radius 1 is 1.00 bits per heavy atom. The molecule has 0 spiro atoms. The Balaban J connectivity index is 2.19. The van der Waals surface area contributed by atoms with Crippen molar-refractivity contribution < 1.29 is 4.39 Å². The van der Waals surface area contributed by atoms with Crippen molar-refractivity contribution in [2.24, 2.45) is 0 Å². The number of aryl methyl sites for hydroxylation is 1. The molecule has 1 aromatic heterocycles. The summed E-state index contributed by atoms with van der Waals surface area (Å²) in [5.74, 6) is -0.356. The fourth-order valence-electron chi connectivity index (χ4n) is 2.80. The van der Waals surface area contributed by atoms with Gasteiger partial charge in [-0.3, -0.25) is 4.79 Å². The third-order valence-corrected chi connectivity index (χ3v) is 4.17. The van der Waals surface area contributed by atoms with Gasteiger partial charge in [0.25, 0.3) is 0 Å². The highest BCUT2D eigenvalue weighted by Crippen LogP contribution is 2.28. The molecule has 1 heterocycles.